The van der Waals surface area contributed by atoms with Gasteiger partial charge in [-0.05, 0) is 43.4 Å². The van der Waals surface area contributed by atoms with Gasteiger partial charge in [-0.2, -0.15) is 0 Å². The van der Waals surface area contributed by atoms with Crippen LogP contribution in [0.1, 0.15) is 5.56 Å². The van der Waals surface area contributed by atoms with Gasteiger partial charge >= 0.3 is 0 Å². The molecule has 20 heavy (non-hydrogen) atoms. The van der Waals surface area contributed by atoms with Crippen LogP contribution in [-0.2, 0) is 0 Å². The predicted octanol–water partition coefficient (Wildman–Crippen LogP) is 3.19. The minimum atomic E-state index is 0.0462. The van der Waals surface area contributed by atoms with Gasteiger partial charge in [0.2, 0.25) is 0 Å². The molecular formula is C16H18N2OS. The number of benzene rings is 2. The molecule has 0 unspecified atom stereocenters. The molecule has 0 heterocycles. The summed E-state index contributed by atoms with van der Waals surface area (Å²) in [6.45, 7) is 2.55. The van der Waals surface area contributed by atoms with Gasteiger partial charge in [-0.1, -0.05) is 35.9 Å². The van der Waals surface area contributed by atoms with Crippen LogP contribution in [0.3, 0.4) is 0 Å². The minimum Gasteiger partial charge on any atom is -0.395 e. The van der Waals surface area contributed by atoms with Crippen LogP contribution in [0, 0.1) is 6.92 Å². The fourth-order valence-electron chi connectivity index (χ4n) is 1.88. The zero-order valence-corrected chi connectivity index (χ0v) is 12.2. The van der Waals surface area contributed by atoms with Crippen molar-refractivity contribution in [2.75, 3.05) is 23.4 Å². The lowest BCUT2D eigenvalue weighted by molar-refractivity contribution is 0.306. The number of nitrogens with zero attached hydrogens (tertiary/aromatic N) is 1. The highest BCUT2D eigenvalue weighted by Crippen LogP contribution is 2.16. The minimum absolute atomic E-state index is 0.0462. The normalized spacial score (nSPS) is 10.1. The third kappa shape index (κ3) is 3.79. The summed E-state index contributed by atoms with van der Waals surface area (Å²) in [5.74, 6) is 0. The SMILES string of the molecule is Cc1ccc(NC(=S)N(CCO)c2ccccc2)cc1. The molecule has 104 valence electrons. The maximum absolute atomic E-state index is 9.22. The Bertz CT molecular complexity index is 554. The molecule has 4 heteroatoms. The molecule has 0 aliphatic heterocycles. The predicted molar refractivity (Wildman–Crippen MR) is 88.3 cm³/mol. The van der Waals surface area contributed by atoms with E-state index in [0.29, 0.717) is 11.7 Å². The van der Waals surface area contributed by atoms with Crippen molar-refractivity contribution in [2.24, 2.45) is 0 Å². The Morgan fingerprint density at radius 3 is 2.35 bits per heavy atom. The van der Waals surface area contributed by atoms with E-state index in [9.17, 15) is 5.11 Å². The molecule has 0 radical (unpaired) electrons. The highest BCUT2D eigenvalue weighted by molar-refractivity contribution is 7.80. The second kappa shape index (κ2) is 7.03. The Morgan fingerprint density at radius 1 is 1.10 bits per heavy atom. The molecule has 3 nitrogen and oxygen atoms in total. The van der Waals surface area contributed by atoms with E-state index in [2.05, 4.69) is 5.32 Å². The lowest BCUT2D eigenvalue weighted by Gasteiger charge is -2.25. The monoisotopic (exact) mass is 286 g/mol. The van der Waals surface area contributed by atoms with Crippen LogP contribution in [0.15, 0.2) is 54.6 Å². The molecule has 0 atom stereocenters. The number of para-hydroxylation sites is 1. The molecule has 0 bridgehead atoms. The van der Waals surface area contributed by atoms with Crippen molar-refractivity contribution in [3.05, 3.63) is 60.2 Å². The molecule has 2 rings (SSSR count). The average molecular weight is 286 g/mol. The van der Waals surface area contributed by atoms with Gasteiger partial charge < -0.3 is 15.3 Å². The van der Waals surface area contributed by atoms with Crippen LogP contribution in [-0.4, -0.2) is 23.4 Å². The van der Waals surface area contributed by atoms with Gasteiger partial charge in [0.1, 0.15) is 0 Å². The topological polar surface area (TPSA) is 35.5 Å². The third-order valence-electron chi connectivity index (χ3n) is 2.94. The van der Waals surface area contributed by atoms with Gasteiger partial charge in [0, 0.05) is 17.9 Å². The number of anilines is 2. The Hall–Kier alpha value is -1.91. The Balaban J connectivity index is 2.13. The van der Waals surface area contributed by atoms with E-state index in [1.807, 2.05) is 66.4 Å². The number of aliphatic hydroxyl groups is 1. The number of thiocarbonyl (C=S) groups is 1. The number of aliphatic hydroxyl groups excluding tert-OH is 1. The summed E-state index contributed by atoms with van der Waals surface area (Å²) in [6.07, 6.45) is 0. The van der Waals surface area contributed by atoms with Crippen molar-refractivity contribution in [3.8, 4) is 0 Å². The fraction of sp³-hybridized carbons (Fsp3) is 0.188. The number of aryl methyl sites for hydroxylation is 1. The van der Waals surface area contributed by atoms with E-state index in [-0.39, 0.29) is 6.61 Å². The fourth-order valence-corrected chi connectivity index (χ4v) is 2.20. The van der Waals surface area contributed by atoms with Crippen LogP contribution in [0.2, 0.25) is 0 Å². The lowest BCUT2D eigenvalue weighted by atomic mass is 10.2. The molecule has 0 saturated heterocycles. The van der Waals surface area contributed by atoms with Crippen LogP contribution < -0.4 is 10.2 Å². The Morgan fingerprint density at radius 2 is 1.75 bits per heavy atom. The zero-order valence-electron chi connectivity index (χ0n) is 11.4. The Kier molecular flexibility index (Phi) is 5.09. The Labute approximate surface area is 124 Å². The summed E-state index contributed by atoms with van der Waals surface area (Å²) in [5, 5.41) is 13.0. The van der Waals surface area contributed by atoms with Crippen molar-refractivity contribution in [1.29, 1.82) is 0 Å². The molecule has 0 amide bonds. The zero-order chi connectivity index (χ0) is 14.4. The summed E-state index contributed by atoms with van der Waals surface area (Å²) in [7, 11) is 0. The number of hydrogen-bond acceptors (Lipinski definition) is 2. The lowest BCUT2D eigenvalue weighted by Crippen LogP contribution is -2.36. The molecule has 0 fully saturated rings. The molecule has 0 saturated carbocycles. The molecule has 0 spiro atoms. The summed E-state index contributed by atoms with van der Waals surface area (Å²) in [6, 6.07) is 17.8. The largest absolute Gasteiger partial charge is 0.395 e. The molecule has 0 aliphatic rings. The van der Waals surface area contributed by atoms with Crippen molar-refractivity contribution >= 4 is 28.7 Å². The van der Waals surface area contributed by atoms with Gasteiger partial charge in [-0.25, -0.2) is 0 Å². The summed E-state index contributed by atoms with van der Waals surface area (Å²) in [5.41, 5.74) is 3.11. The van der Waals surface area contributed by atoms with E-state index in [1.165, 1.54) is 5.56 Å². The number of hydrogen-bond donors (Lipinski definition) is 2. The van der Waals surface area contributed by atoms with Gasteiger partial charge in [0.15, 0.2) is 5.11 Å². The maximum atomic E-state index is 9.22. The van der Waals surface area contributed by atoms with E-state index in [1.54, 1.807) is 0 Å². The van der Waals surface area contributed by atoms with Crippen molar-refractivity contribution in [3.63, 3.8) is 0 Å². The highest BCUT2D eigenvalue weighted by Gasteiger charge is 2.11. The smallest absolute Gasteiger partial charge is 0.178 e. The quantitative estimate of drug-likeness (QED) is 0.846. The first-order valence-electron chi connectivity index (χ1n) is 6.52. The second-order valence-electron chi connectivity index (χ2n) is 4.51. The van der Waals surface area contributed by atoms with Gasteiger partial charge in [-0.15, -0.1) is 0 Å². The van der Waals surface area contributed by atoms with Crippen LogP contribution in [0.5, 0.6) is 0 Å². The number of nitrogens with one attached hydrogen (secondary N) is 1. The van der Waals surface area contributed by atoms with Crippen LogP contribution in [0.25, 0.3) is 0 Å². The molecule has 0 aliphatic carbocycles. The van der Waals surface area contributed by atoms with Crippen LogP contribution in [0.4, 0.5) is 11.4 Å². The van der Waals surface area contributed by atoms with E-state index in [0.717, 1.165) is 11.4 Å². The van der Waals surface area contributed by atoms with E-state index >= 15 is 0 Å². The second-order valence-corrected chi connectivity index (χ2v) is 4.89. The van der Waals surface area contributed by atoms with Crippen molar-refractivity contribution < 1.29 is 5.11 Å². The summed E-state index contributed by atoms with van der Waals surface area (Å²) < 4.78 is 0. The molecular weight excluding hydrogens is 268 g/mol. The molecule has 2 aromatic carbocycles. The summed E-state index contributed by atoms with van der Waals surface area (Å²) in [4.78, 5) is 1.88. The maximum Gasteiger partial charge on any atom is 0.178 e. The number of rotatable bonds is 4. The molecule has 2 aromatic rings. The molecule has 2 N–H and O–H groups in total. The van der Waals surface area contributed by atoms with Gasteiger partial charge in [-0.3, -0.25) is 0 Å². The third-order valence-corrected chi connectivity index (χ3v) is 3.26. The summed E-state index contributed by atoms with van der Waals surface area (Å²) >= 11 is 5.44. The first-order chi connectivity index (χ1) is 9.70. The standard InChI is InChI=1S/C16H18N2OS/c1-13-7-9-14(10-8-13)17-16(20)18(11-12-19)15-5-3-2-4-6-15/h2-10,19H,11-12H2,1H3,(H,17,20). The van der Waals surface area contributed by atoms with Crippen molar-refractivity contribution in [2.45, 2.75) is 6.92 Å². The van der Waals surface area contributed by atoms with E-state index < -0.39 is 0 Å². The first kappa shape index (κ1) is 14.5. The van der Waals surface area contributed by atoms with Gasteiger partial charge in [0.05, 0.1) is 6.61 Å². The molecule has 0 aromatic heterocycles. The average Bonchev–Trinajstić information content (AvgIpc) is 2.48. The van der Waals surface area contributed by atoms with Crippen LogP contribution >= 0.6 is 12.2 Å². The van der Waals surface area contributed by atoms with Gasteiger partial charge in [0.25, 0.3) is 0 Å². The first-order valence-corrected chi connectivity index (χ1v) is 6.92. The van der Waals surface area contributed by atoms with Crippen molar-refractivity contribution in [1.82, 2.24) is 0 Å². The highest BCUT2D eigenvalue weighted by atomic mass is 32.1. The van der Waals surface area contributed by atoms with E-state index in [4.69, 9.17) is 12.2 Å².